The van der Waals surface area contributed by atoms with Gasteiger partial charge in [0.2, 0.25) is 0 Å². The summed E-state index contributed by atoms with van der Waals surface area (Å²) in [5.41, 5.74) is 4.07. The molecule has 0 saturated carbocycles. The lowest BCUT2D eigenvalue weighted by Crippen LogP contribution is -2.30. The normalized spacial score (nSPS) is 14.7. The molecule has 1 aliphatic heterocycles. The smallest absolute Gasteiger partial charge is 0.329 e. The molecule has 7 heteroatoms. The summed E-state index contributed by atoms with van der Waals surface area (Å²) in [6.45, 7) is 2.64. The van der Waals surface area contributed by atoms with Crippen LogP contribution in [-0.2, 0) is 17.9 Å². The Kier molecular flexibility index (Phi) is 6.81. The lowest BCUT2D eigenvalue weighted by atomic mass is 10.1. The Hall–Kier alpha value is -2.84. The van der Waals surface area contributed by atoms with Gasteiger partial charge in [0.25, 0.3) is 5.91 Å². The lowest BCUT2D eigenvalue weighted by Gasteiger charge is -2.12. The fraction of sp³-hybridized carbons (Fsp3) is 0.120. The number of hydrogen-bond donors (Lipinski definition) is 1. The summed E-state index contributed by atoms with van der Waals surface area (Å²) in [5.74, 6) is 0.403. The van der Waals surface area contributed by atoms with Crippen molar-refractivity contribution in [2.75, 3.05) is 0 Å². The first-order valence-corrected chi connectivity index (χ1v) is 11.4. The minimum absolute atomic E-state index is 0.235. The van der Waals surface area contributed by atoms with Crippen LogP contribution in [0.3, 0.4) is 0 Å². The maximum atomic E-state index is 12.8. The Morgan fingerprint density at radius 2 is 1.81 bits per heavy atom. The van der Waals surface area contributed by atoms with Gasteiger partial charge >= 0.3 is 6.03 Å². The van der Waals surface area contributed by atoms with E-state index in [2.05, 4.69) is 27.9 Å². The zero-order chi connectivity index (χ0) is 22.7. The molecule has 3 aromatic rings. The van der Waals surface area contributed by atoms with E-state index < -0.39 is 6.03 Å². The van der Waals surface area contributed by atoms with Crippen LogP contribution in [-0.4, -0.2) is 16.8 Å². The van der Waals surface area contributed by atoms with Crippen molar-refractivity contribution >= 4 is 52.2 Å². The van der Waals surface area contributed by atoms with Crippen LogP contribution in [0.15, 0.2) is 72.4 Å². The van der Waals surface area contributed by atoms with E-state index in [9.17, 15) is 9.59 Å². The van der Waals surface area contributed by atoms with E-state index in [1.165, 1.54) is 4.90 Å². The van der Waals surface area contributed by atoms with Crippen LogP contribution in [0.25, 0.3) is 6.08 Å². The van der Waals surface area contributed by atoms with Crippen molar-refractivity contribution in [2.45, 2.75) is 20.1 Å². The van der Waals surface area contributed by atoms with E-state index in [1.807, 2.05) is 73.7 Å². The van der Waals surface area contributed by atoms with Crippen molar-refractivity contribution < 1.29 is 14.3 Å². The number of benzene rings is 3. The number of amides is 3. The van der Waals surface area contributed by atoms with Crippen LogP contribution in [0.4, 0.5) is 4.79 Å². The van der Waals surface area contributed by atoms with Crippen molar-refractivity contribution in [1.82, 2.24) is 10.2 Å². The predicted molar refractivity (Wildman–Crippen MR) is 133 cm³/mol. The Balaban J connectivity index is 1.45. The number of hydrogen-bond acceptors (Lipinski definition) is 3. The zero-order valence-corrected chi connectivity index (χ0v) is 20.2. The third kappa shape index (κ3) is 5.31. The SMILES string of the molecule is Cc1cccc(CN2C(=O)N/C(=C/c3ccc(OCc4ccc(Cl)cc4)c(I)c3)C2=O)c1. The number of carbonyl (C=O) groups excluding carboxylic acids is 2. The molecule has 0 bridgehead atoms. The summed E-state index contributed by atoms with van der Waals surface area (Å²) in [4.78, 5) is 26.4. The van der Waals surface area contributed by atoms with E-state index in [1.54, 1.807) is 6.08 Å². The van der Waals surface area contributed by atoms with Gasteiger partial charge in [-0.15, -0.1) is 0 Å². The molecule has 3 amide bonds. The van der Waals surface area contributed by atoms with Gasteiger partial charge < -0.3 is 10.1 Å². The van der Waals surface area contributed by atoms with Gasteiger partial charge in [0.05, 0.1) is 10.1 Å². The van der Waals surface area contributed by atoms with Crippen LogP contribution in [0.1, 0.15) is 22.3 Å². The highest BCUT2D eigenvalue weighted by atomic mass is 127. The number of ether oxygens (including phenoxy) is 1. The van der Waals surface area contributed by atoms with Crippen LogP contribution < -0.4 is 10.1 Å². The monoisotopic (exact) mass is 558 g/mol. The Bertz CT molecular complexity index is 1210. The van der Waals surface area contributed by atoms with E-state index >= 15 is 0 Å². The molecule has 3 aromatic carbocycles. The number of carbonyl (C=O) groups is 2. The molecule has 162 valence electrons. The molecule has 0 aliphatic carbocycles. The molecule has 32 heavy (non-hydrogen) atoms. The number of urea groups is 1. The highest BCUT2D eigenvalue weighted by molar-refractivity contribution is 14.1. The van der Waals surface area contributed by atoms with Crippen LogP contribution in [0, 0.1) is 10.5 Å². The molecular formula is C25H20ClIN2O3. The molecule has 1 aliphatic rings. The van der Waals surface area contributed by atoms with Gasteiger partial charge in [0, 0.05) is 5.02 Å². The quantitative estimate of drug-likeness (QED) is 0.232. The Labute approximate surface area is 205 Å². The Morgan fingerprint density at radius 1 is 1.03 bits per heavy atom. The average Bonchev–Trinajstić information content (AvgIpc) is 3.02. The highest BCUT2D eigenvalue weighted by Crippen LogP contribution is 2.25. The third-order valence-electron chi connectivity index (χ3n) is 4.96. The number of aryl methyl sites for hydroxylation is 1. The molecule has 0 atom stereocenters. The first-order valence-electron chi connectivity index (χ1n) is 9.96. The summed E-state index contributed by atoms with van der Waals surface area (Å²) < 4.78 is 6.80. The molecule has 1 saturated heterocycles. The van der Waals surface area contributed by atoms with E-state index in [0.717, 1.165) is 31.6 Å². The second-order valence-electron chi connectivity index (χ2n) is 7.47. The van der Waals surface area contributed by atoms with Gasteiger partial charge in [-0.3, -0.25) is 9.69 Å². The first kappa shape index (κ1) is 22.4. The van der Waals surface area contributed by atoms with Crippen LogP contribution >= 0.6 is 34.2 Å². The van der Waals surface area contributed by atoms with E-state index in [0.29, 0.717) is 11.6 Å². The molecule has 1 fully saturated rings. The molecule has 1 N–H and O–H groups in total. The van der Waals surface area contributed by atoms with Gasteiger partial charge in [-0.25, -0.2) is 4.79 Å². The fourth-order valence-electron chi connectivity index (χ4n) is 3.34. The van der Waals surface area contributed by atoms with Crippen LogP contribution in [0.2, 0.25) is 5.02 Å². The minimum Gasteiger partial charge on any atom is -0.488 e. The molecule has 1 heterocycles. The van der Waals surface area contributed by atoms with Gasteiger partial charge in [0.15, 0.2) is 0 Å². The summed E-state index contributed by atoms with van der Waals surface area (Å²) in [7, 11) is 0. The van der Waals surface area contributed by atoms with Gasteiger partial charge in [0.1, 0.15) is 18.1 Å². The maximum Gasteiger partial charge on any atom is 0.329 e. The van der Waals surface area contributed by atoms with Crippen molar-refractivity contribution in [3.63, 3.8) is 0 Å². The van der Waals surface area contributed by atoms with Crippen molar-refractivity contribution in [3.8, 4) is 5.75 Å². The second kappa shape index (κ2) is 9.75. The van der Waals surface area contributed by atoms with Crippen molar-refractivity contribution in [3.05, 3.63) is 103 Å². The number of nitrogens with one attached hydrogen (secondary N) is 1. The second-order valence-corrected chi connectivity index (χ2v) is 9.07. The van der Waals surface area contributed by atoms with E-state index in [-0.39, 0.29) is 18.1 Å². The summed E-state index contributed by atoms with van der Waals surface area (Å²) >= 11 is 8.11. The molecule has 4 rings (SSSR count). The fourth-order valence-corrected chi connectivity index (χ4v) is 4.16. The number of rotatable bonds is 6. The zero-order valence-electron chi connectivity index (χ0n) is 17.3. The number of imide groups is 1. The summed E-state index contributed by atoms with van der Waals surface area (Å²) in [5, 5.41) is 3.36. The third-order valence-corrected chi connectivity index (χ3v) is 6.06. The van der Waals surface area contributed by atoms with Crippen molar-refractivity contribution in [2.24, 2.45) is 0 Å². The summed E-state index contributed by atoms with van der Waals surface area (Å²) in [6.07, 6.45) is 1.68. The topological polar surface area (TPSA) is 58.6 Å². The molecule has 0 spiro atoms. The van der Waals surface area contributed by atoms with Gasteiger partial charge in [-0.05, 0) is 76.5 Å². The number of halogens is 2. The van der Waals surface area contributed by atoms with Crippen molar-refractivity contribution in [1.29, 1.82) is 0 Å². The average molecular weight is 559 g/mol. The Morgan fingerprint density at radius 3 is 2.53 bits per heavy atom. The maximum absolute atomic E-state index is 12.8. The van der Waals surface area contributed by atoms with E-state index in [4.69, 9.17) is 16.3 Å². The van der Waals surface area contributed by atoms with Crippen LogP contribution in [0.5, 0.6) is 5.75 Å². The van der Waals surface area contributed by atoms with Gasteiger partial charge in [-0.1, -0.05) is 59.6 Å². The predicted octanol–water partition coefficient (Wildman–Crippen LogP) is 5.92. The lowest BCUT2D eigenvalue weighted by molar-refractivity contribution is -0.123. The molecule has 0 radical (unpaired) electrons. The summed E-state index contributed by atoms with van der Waals surface area (Å²) in [6, 6.07) is 20.5. The minimum atomic E-state index is -0.416. The number of nitrogens with zero attached hydrogens (tertiary/aromatic N) is 1. The highest BCUT2D eigenvalue weighted by Gasteiger charge is 2.33. The molecule has 0 unspecified atom stereocenters. The van der Waals surface area contributed by atoms with Gasteiger partial charge in [-0.2, -0.15) is 0 Å². The largest absolute Gasteiger partial charge is 0.488 e. The first-order chi connectivity index (χ1) is 15.4. The molecule has 5 nitrogen and oxygen atoms in total. The standard InChI is InChI=1S/C25H20ClIN2O3/c1-16-3-2-4-19(11-16)14-29-24(30)22(28-25(29)31)13-18-7-10-23(21(27)12-18)32-15-17-5-8-20(26)9-6-17/h2-13H,14-15H2,1H3,(H,28,31)/b22-13+. The molecular weight excluding hydrogens is 539 g/mol. The molecule has 0 aromatic heterocycles.